The fraction of sp³-hybridized carbons (Fsp3) is 0. The van der Waals surface area contributed by atoms with Crippen molar-refractivity contribution in [1.82, 2.24) is 4.98 Å². The largest absolute Gasteiger partial charge is 0.360 e. The third-order valence-corrected chi connectivity index (χ3v) is 4.22. The second kappa shape index (κ2) is 5.39. The Morgan fingerprint density at radius 3 is 2.70 bits per heavy atom. The van der Waals surface area contributed by atoms with Crippen LogP contribution in [0.3, 0.4) is 0 Å². The van der Waals surface area contributed by atoms with E-state index in [0.29, 0.717) is 26.6 Å². The fourth-order valence-corrected chi connectivity index (χ4v) is 3.29. The third kappa shape index (κ3) is 2.45. The maximum Gasteiger partial charge on any atom is 0.195 e. The standard InChI is InChI=1S/C15H8Cl2INO/c16-9-5-12(17)14-11(7-19-13(14)6-9)15(20)8-2-1-3-10(18)4-8/h1-7,19H. The Balaban J connectivity index is 2.18. The fourth-order valence-electron chi connectivity index (χ4n) is 2.15. The summed E-state index contributed by atoms with van der Waals surface area (Å²) >= 11 is 14.4. The molecule has 20 heavy (non-hydrogen) atoms. The van der Waals surface area contributed by atoms with Crippen LogP contribution in [0.5, 0.6) is 0 Å². The Morgan fingerprint density at radius 2 is 1.95 bits per heavy atom. The average molecular weight is 416 g/mol. The number of halogens is 3. The van der Waals surface area contributed by atoms with E-state index in [-0.39, 0.29) is 5.78 Å². The highest BCUT2D eigenvalue weighted by Crippen LogP contribution is 2.31. The number of carbonyl (C=O) groups is 1. The number of rotatable bonds is 2. The minimum Gasteiger partial charge on any atom is -0.360 e. The molecule has 0 unspecified atom stereocenters. The molecule has 2 aromatic carbocycles. The molecule has 0 amide bonds. The summed E-state index contributed by atoms with van der Waals surface area (Å²) < 4.78 is 1.02. The lowest BCUT2D eigenvalue weighted by Gasteiger charge is -2.02. The first kappa shape index (κ1) is 13.9. The first-order chi connectivity index (χ1) is 9.56. The summed E-state index contributed by atoms with van der Waals surface area (Å²) in [6.45, 7) is 0. The first-order valence-electron chi connectivity index (χ1n) is 5.82. The number of hydrogen-bond acceptors (Lipinski definition) is 1. The van der Waals surface area contributed by atoms with Crippen molar-refractivity contribution in [2.24, 2.45) is 0 Å². The molecular weight excluding hydrogens is 408 g/mol. The van der Waals surface area contributed by atoms with E-state index in [0.717, 1.165) is 9.09 Å². The molecule has 0 radical (unpaired) electrons. The van der Waals surface area contributed by atoms with Crippen LogP contribution in [0.15, 0.2) is 42.6 Å². The Morgan fingerprint density at radius 1 is 1.15 bits per heavy atom. The van der Waals surface area contributed by atoms with Crippen molar-refractivity contribution in [3.05, 3.63) is 67.3 Å². The molecule has 1 heterocycles. The SMILES string of the molecule is O=C(c1cccc(I)c1)c1c[nH]c2cc(Cl)cc(Cl)c12. The molecule has 0 saturated heterocycles. The van der Waals surface area contributed by atoms with E-state index in [9.17, 15) is 4.79 Å². The molecule has 0 fully saturated rings. The second-order valence-corrected chi connectivity index (χ2v) is 6.44. The Labute approximate surface area is 139 Å². The summed E-state index contributed by atoms with van der Waals surface area (Å²) in [5, 5.41) is 1.72. The molecule has 0 aliphatic rings. The molecular formula is C15H8Cl2INO. The van der Waals surface area contributed by atoms with E-state index in [1.165, 1.54) is 0 Å². The van der Waals surface area contributed by atoms with Gasteiger partial charge in [0.1, 0.15) is 0 Å². The lowest BCUT2D eigenvalue weighted by molar-refractivity contribution is 0.104. The summed E-state index contributed by atoms with van der Waals surface area (Å²) in [7, 11) is 0. The van der Waals surface area contributed by atoms with E-state index >= 15 is 0 Å². The molecule has 3 aromatic rings. The maximum absolute atomic E-state index is 12.6. The lowest BCUT2D eigenvalue weighted by Crippen LogP contribution is -2.00. The van der Waals surface area contributed by atoms with Crippen molar-refractivity contribution in [2.45, 2.75) is 0 Å². The number of aromatic amines is 1. The van der Waals surface area contributed by atoms with Gasteiger partial charge >= 0.3 is 0 Å². The summed E-state index contributed by atoms with van der Waals surface area (Å²) in [6, 6.07) is 10.9. The van der Waals surface area contributed by atoms with Crippen LogP contribution in [-0.2, 0) is 0 Å². The van der Waals surface area contributed by atoms with Crippen LogP contribution < -0.4 is 0 Å². The summed E-state index contributed by atoms with van der Waals surface area (Å²) in [5.74, 6) is -0.0565. The van der Waals surface area contributed by atoms with Gasteiger partial charge in [-0.3, -0.25) is 4.79 Å². The van der Waals surface area contributed by atoms with Crippen LogP contribution in [0.2, 0.25) is 10.0 Å². The number of H-pyrrole nitrogens is 1. The van der Waals surface area contributed by atoms with Crippen LogP contribution in [0.1, 0.15) is 15.9 Å². The topological polar surface area (TPSA) is 32.9 Å². The summed E-state index contributed by atoms with van der Waals surface area (Å²) in [4.78, 5) is 15.6. The molecule has 5 heteroatoms. The molecule has 0 bridgehead atoms. The highest BCUT2D eigenvalue weighted by molar-refractivity contribution is 14.1. The molecule has 0 saturated carbocycles. The average Bonchev–Trinajstić information content (AvgIpc) is 2.81. The minimum atomic E-state index is -0.0565. The molecule has 0 atom stereocenters. The van der Waals surface area contributed by atoms with Crippen LogP contribution in [0.25, 0.3) is 10.9 Å². The second-order valence-electron chi connectivity index (χ2n) is 4.35. The summed E-state index contributed by atoms with van der Waals surface area (Å²) in [5.41, 5.74) is 1.96. The number of benzene rings is 2. The third-order valence-electron chi connectivity index (χ3n) is 3.03. The highest BCUT2D eigenvalue weighted by Gasteiger charge is 2.17. The molecule has 0 spiro atoms. The first-order valence-corrected chi connectivity index (χ1v) is 7.66. The van der Waals surface area contributed by atoms with Crippen molar-refractivity contribution >= 4 is 62.5 Å². The number of aromatic nitrogens is 1. The Kier molecular flexibility index (Phi) is 3.75. The van der Waals surface area contributed by atoms with E-state index in [1.807, 2.05) is 18.2 Å². The lowest BCUT2D eigenvalue weighted by atomic mass is 10.0. The predicted molar refractivity (Wildman–Crippen MR) is 90.9 cm³/mol. The van der Waals surface area contributed by atoms with Crippen LogP contribution in [0.4, 0.5) is 0 Å². The number of carbonyl (C=O) groups excluding carboxylic acids is 1. The van der Waals surface area contributed by atoms with Gasteiger partial charge in [-0.1, -0.05) is 35.3 Å². The minimum absolute atomic E-state index is 0.0565. The van der Waals surface area contributed by atoms with Crippen LogP contribution in [-0.4, -0.2) is 10.8 Å². The zero-order valence-corrected chi connectivity index (χ0v) is 13.8. The molecule has 2 nitrogen and oxygen atoms in total. The van der Waals surface area contributed by atoms with Gasteiger partial charge in [0.15, 0.2) is 5.78 Å². The van der Waals surface area contributed by atoms with Gasteiger partial charge in [-0.15, -0.1) is 0 Å². The monoisotopic (exact) mass is 415 g/mol. The van der Waals surface area contributed by atoms with Gasteiger partial charge in [0.25, 0.3) is 0 Å². The molecule has 100 valence electrons. The molecule has 3 rings (SSSR count). The van der Waals surface area contributed by atoms with Crippen molar-refractivity contribution in [3.63, 3.8) is 0 Å². The molecule has 0 aliphatic carbocycles. The number of nitrogens with one attached hydrogen (secondary N) is 1. The zero-order chi connectivity index (χ0) is 14.3. The van der Waals surface area contributed by atoms with Gasteiger partial charge in [-0.25, -0.2) is 0 Å². The van der Waals surface area contributed by atoms with E-state index < -0.39 is 0 Å². The number of ketones is 1. The van der Waals surface area contributed by atoms with Gasteiger partial charge in [-0.2, -0.15) is 0 Å². The number of hydrogen-bond donors (Lipinski definition) is 1. The van der Waals surface area contributed by atoms with Crippen molar-refractivity contribution in [1.29, 1.82) is 0 Å². The van der Waals surface area contributed by atoms with Crippen LogP contribution >= 0.6 is 45.8 Å². The van der Waals surface area contributed by atoms with E-state index in [2.05, 4.69) is 27.6 Å². The van der Waals surface area contributed by atoms with Gasteiger partial charge in [0.2, 0.25) is 0 Å². The van der Waals surface area contributed by atoms with Crippen molar-refractivity contribution in [2.75, 3.05) is 0 Å². The Bertz CT molecular complexity index is 826. The van der Waals surface area contributed by atoms with E-state index in [1.54, 1.807) is 24.4 Å². The molecule has 1 N–H and O–H groups in total. The predicted octanol–water partition coefficient (Wildman–Crippen LogP) is 5.31. The van der Waals surface area contributed by atoms with E-state index in [4.69, 9.17) is 23.2 Å². The quantitative estimate of drug-likeness (QED) is 0.446. The van der Waals surface area contributed by atoms with Crippen LogP contribution in [0, 0.1) is 3.57 Å². The highest BCUT2D eigenvalue weighted by atomic mass is 127. The Hall–Kier alpha value is -1.04. The van der Waals surface area contributed by atoms with Gasteiger partial charge in [0, 0.05) is 36.8 Å². The zero-order valence-electron chi connectivity index (χ0n) is 10.1. The van der Waals surface area contributed by atoms with Gasteiger partial charge in [-0.05, 0) is 46.9 Å². The van der Waals surface area contributed by atoms with Crippen molar-refractivity contribution in [3.8, 4) is 0 Å². The smallest absolute Gasteiger partial charge is 0.195 e. The summed E-state index contributed by atoms with van der Waals surface area (Å²) in [6.07, 6.45) is 1.68. The molecule has 1 aromatic heterocycles. The van der Waals surface area contributed by atoms with Gasteiger partial charge < -0.3 is 4.98 Å². The maximum atomic E-state index is 12.6. The molecule has 0 aliphatic heterocycles. The van der Waals surface area contributed by atoms with Crippen molar-refractivity contribution < 1.29 is 4.79 Å². The number of fused-ring (bicyclic) bond motifs is 1. The normalized spacial score (nSPS) is 10.9. The van der Waals surface area contributed by atoms with Gasteiger partial charge in [0.05, 0.1) is 5.02 Å².